The van der Waals surface area contributed by atoms with E-state index in [-0.39, 0.29) is 12.1 Å². The van der Waals surface area contributed by atoms with Crippen LogP contribution in [0, 0.1) is 0 Å². The fraction of sp³-hybridized carbons (Fsp3) is 0.692. The van der Waals surface area contributed by atoms with Crippen molar-refractivity contribution in [3.05, 3.63) is 11.1 Å². The summed E-state index contributed by atoms with van der Waals surface area (Å²) in [5.74, 6) is -0.180. The van der Waals surface area contributed by atoms with Gasteiger partial charge in [0.05, 0.1) is 7.11 Å². The molecule has 0 aromatic heterocycles. The summed E-state index contributed by atoms with van der Waals surface area (Å²) in [7, 11) is 1.45. The van der Waals surface area contributed by atoms with Crippen LogP contribution in [0.3, 0.4) is 0 Å². The summed E-state index contributed by atoms with van der Waals surface area (Å²) in [6, 6.07) is 0. The summed E-state index contributed by atoms with van der Waals surface area (Å²) in [5, 5.41) is 0. The Hall–Kier alpha value is -1.45. The number of carbonyl (C=O) groups is 1. The molecule has 1 heterocycles. The number of ether oxygens (including phenoxy) is 1. The van der Waals surface area contributed by atoms with Gasteiger partial charge in [0, 0.05) is 12.1 Å². The Morgan fingerprint density at radius 3 is 2.06 bits per heavy atom. The highest BCUT2D eigenvalue weighted by molar-refractivity contribution is 5.89. The molecule has 5 nitrogen and oxygen atoms in total. The van der Waals surface area contributed by atoms with Gasteiger partial charge >= 0.3 is 12.1 Å². The fourth-order valence-electron chi connectivity index (χ4n) is 1.89. The minimum absolute atomic E-state index is 0.180. The van der Waals surface area contributed by atoms with E-state index in [1.807, 2.05) is 13.8 Å². The molecular formula is C13H21NO4. The van der Waals surface area contributed by atoms with Crippen molar-refractivity contribution < 1.29 is 19.1 Å². The molecule has 0 amide bonds. The van der Waals surface area contributed by atoms with Crippen molar-refractivity contribution in [2.75, 3.05) is 26.7 Å². The molecule has 1 rings (SSSR count). The molecule has 1 aliphatic heterocycles. The van der Waals surface area contributed by atoms with Gasteiger partial charge in [-0.15, -0.1) is 0 Å². The molecule has 1 aliphatic rings. The summed E-state index contributed by atoms with van der Waals surface area (Å²) >= 11 is 0. The van der Waals surface area contributed by atoms with Gasteiger partial charge in [0.1, 0.15) is 0 Å². The van der Waals surface area contributed by atoms with Gasteiger partial charge < -0.3 is 4.74 Å². The first-order valence-electron chi connectivity index (χ1n) is 6.03. The Kier molecular flexibility index (Phi) is 8.80. The first kappa shape index (κ1) is 16.6. The van der Waals surface area contributed by atoms with Crippen LogP contribution in [0.2, 0.25) is 0 Å². The molecule has 5 heteroatoms. The van der Waals surface area contributed by atoms with E-state index in [1.54, 1.807) is 0 Å². The lowest BCUT2D eigenvalue weighted by Crippen LogP contribution is -2.33. The molecule has 0 N–H and O–H groups in total. The maximum absolute atomic E-state index is 11.5. The van der Waals surface area contributed by atoms with Crippen molar-refractivity contribution in [1.82, 2.24) is 4.90 Å². The van der Waals surface area contributed by atoms with Gasteiger partial charge in [-0.2, -0.15) is 9.59 Å². The van der Waals surface area contributed by atoms with E-state index in [0.29, 0.717) is 0 Å². The average Bonchev–Trinajstić information content (AvgIpc) is 2.37. The number of piperidine rings is 1. The molecule has 18 heavy (non-hydrogen) atoms. The molecule has 0 aliphatic carbocycles. The predicted octanol–water partition coefficient (Wildman–Crippen LogP) is 1.40. The summed E-state index contributed by atoms with van der Waals surface area (Å²) in [4.78, 5) is 30.1. The van der Waals surface area contributed by atoms with Crippen molar-refractivity contribution in [1.29, 1.82) is 0 Å². The number of likely N-dealkylation sites (tertiary alicyclic amines) is 1. The predicted molar refractivity (Wildman–Crippen MR) is 65.7 cm³/mol. The zero-order valence-corrected chi connectivity index (χ0v) is 11.3. The number of allylic oxidation sites excluding steroid dienone is 1. The Balaban J connectivity index is 0.000000873. The smallest absolute Gasteiger partial charge is 0.373 e. The molecule has 102 valence electrons. The third-order valence-corrected chi connectivity index (χ3v) is 2.87. The fourth-order valence-corrected chi connectivity index (χ4v) is 1.89. The third kappa shape index (κ3) is 6.33. The molecule has 0 bridgehead atoms. The minimum Gasteiger partial charge on any atom is -0.466 e. The van der Waals surface area contributed by atoms with E-state index in [2.05, 4.69) is 4.90 Å². The van der Waals surface area contributed by atoms with E-state index in [1.165, 1.54) is 26.4 Å². The van der Waals surface area contributed by atoms with Crippen LogP contribution in [0.25, 0.3) is 0 Å². The quantitative estimate of drug-likeness (QED) is 0.563. The van der Waals surface area contributed by atoms with Gasteiger partial charge in [0.2, 0.25) is 0 Å². The maximum atomic E-state index is 11.5. The van der Waals surface area contributed by atoms with Gasteiger partial charge in [-0.05, 0) is 39.8 Å². The van der Waals surface area contributed by atoms with Crippen LogP contribution < -0.4 is 0 Å². The first-order chi connectivity index (χ1) is 8.56. The van der Waals surface area contributed by atoms with Crippen LogP contribution in [-0.2, 0) is 19.1 Å². The highest BCUT2D eigenvalue weighted by atomic mass is 16.5. The average molecular weight is 255 g/mol. The van der Waals surface area contributed by atoms with Crippen molar-refractivity contribution in [2.45, 2.75) is 33.1 Å². The van der Waals surface area contributed by atoms with Crippen molar-refractivity contribution in [3.63, 3.8) is 0 Å². The van der Waals surface area contributed by atoms with Crippen LogP contribution in [-0.4, -0.2) is 43.8 Å². The third-order valence-electron chi connectivity index (χ3n) is 2.87. The summed E-state index contributed by atoms with van der Waals surface area (Å²) < 4.78 is 4.79. The number of carbonyl (C=O) groups excluding carboxylic acids is 3. The van der Waals surface area contributed by atoms with Crippen molar-refractivity contribution in [3.8, 4) is 0 Å². The molecule has 0 saturated carbocycles. The molecule has 0 spiro atoms. The molecular weight excluding hydrogens is 234 g/mol. The summed E-state index contributed by atoms with van der Waals surface area (Å²) in [6.45, 7) is 6.89. The molecule has 0 atom stereocenters. The number of nitrogens with zero attached hydrogens (tertiary/aromatic N) is 1. The summed E-state index contributed by atoms with van der Waals surface area (Å²) in [5.41, 5.74) is 1.88. The lowest BCUT2D eigenvalue weighted by atomic mass is 10.1. The second-order valence-corrected chi connectivity index (χ2v) is 4.39. The number of esters is 1. The van der Waals surface area contributed by atoms with E-state index in [9.17, 15) is 4.79 Å². The number of hydrogen-bond donors (Lipinski definition) is 0. The zero-order valence-electron chi connectivity index (χ0n) is 11.3. The van der Waals surface area contributed by atoms with Crippen LogP contribution >= 0.6 is 0 Å². The Morgan fingerprint density at radius 2 is 1.67 bits per heavy atom. The molecule has 0 aromatic carbocycles. The lowest BCUT2D eigenvalue weighted by Gasteiger charge is -2.27. The molecule has 0 radical (unpaired) electrons. The number of rotatable bonds is 3. The number of methoxy groups -OCH3 is 1. The standard InChI is InChI=1S/C12H21NO2.CO2/c1-10(2)11(12(14)15-3)9-13-7-5-4-6-8-13;2-1-3/h4-9H2,1-3H3;. The first-order valence-corrected chi connectivity index (χ1v) is 6.03. The highest BCUT2D eigenvalue weighted by Crippen LogP contribution is 2.13. The second kappa shape index (κ2) is 9.57. The van der Waals surface area contributed by atoms with Gasteiger partial charge in [0.25, 0.3) is 0 Å². The zero-order chi connectivity index (χ0) is 14.0. The van der Waals surface area contributed by atoms with Crippen LogP contribution in [0.4, 0.5) is 0 Å². The molecule has 1 saturated heterocycles. The summed E-state index contributed by atoms with van der Waals surface area (Å²) in [6.07, 6.45) is 4.06. The lowest BCUT2D eigenvalue weighted by molar-refractivity contribution is -0.191. The minimum atomic E-state index is -0.180. The van der Waals surface area contributed by atoms with E-state index >= 15 is 0 Å². The van der Waals surface area contributed by atoms with Crippen LogP contribution in [0.5, 0.6) is 0 Å². The van der Waals surface area contributed by atoms with Crippen molar-refractivity contribution in [2.24, 2.45) is 0 Å². The van der Waals surface area contributed by atoms with Gasteiger partial charge in [0.15, 0.2) is 0 Å². The molecule has 1 fully saturated rings. The van der Waals surface area contributed by atoms with E-state index < -0.39 is 0 Å². The molecule has 0 aromatic rings. The highest BCUT2D eigenvalue weighted by Gasteiger charge is 2.17. The van der Waals surface area contributed by atoms with Crippen molar-refractivity contribution >= 4 is 12.1 Å². The second-order valence-electron chi connectivity index (χ2n) is 4.39. The van der Waals surface area contributed by atoms with E-state index in [4.69, 9.17) is 14.3 Å². The normalized spacial score (nSPS) is 14.8. The number of hydrogen-bond acceptors (Lipinski definition) is 5. The Labute approximate surface area is 108 Å². The maximum Gasteiger partial charge on any atom is 0.373 e. The van der Waals surface area contributed by atoms with Gasteiger partial charge in [-0.3, -0.25) is 4.90 Å². The topological polar surface area (TPSA) is 63.7 Å². The Bertz CT molecular complexity index is 320. The van der Waals surface area contributed by atoms with Gasteiger partial charge in [-0.25, -0.2) is 4.79 Å². The van der Waals surface area contributed by atoms with Crippen LogP contribution in [0.15, 0.2) is 11.1 Å². The SMILES string of the molecule is COC(=O)C(CN1CCCCC1)=C(C)C.O=C=O. The van der Waals surface area contributed by atoms with Crippen LogP contribution in [0.1, 0.15) is 33.1 Å². The monoisotopic (exact) mass is 255 g/mol. The molecule has 0 unspecified atom stereocenters. The Morgan fingerprint density at radius 1 is 1.17 bits per heavy atom. The largest absolute Gasteiger partial charge is 0.466 e. The van der Waals surface area contributed by atoms with E-state index in [0.717, 1.165) is 30.8 Å². The van der Waals surface area contributed by atoms with Gasteiger partial charge in [-0.1, -0.05) is 12.0 Å².